The first-order valence-electron chi connectivity index (χ1n) is 8.55. The Morgan fingerprint density at radius 1 is 1.19 bits per heavy atom. The highest BCUT2D eigenvalue weighted by atomic mass is 19.1. The number of carbonyl (C=O) groups is 2. The predicted molar refractivity (Wildman–Crippen MR) is 93.7 cm³/mol. The zero-order valence-electron chi connectivity index (χ0n) is 15.8. The number of carbonyl (C=O) groups excluding carboxylic acids is 2. The molecule has 0 heterocycles. The zero-order chi connectivity index (χ0) is 19.8. The summed E-state index contributed by atoms with van der Waals surface area (Å²) in [5.74, 6) is -1.65. The molecule has 1 aromatic rings. The van der Waals surface area contributed by atoms with E-state index in [0.29, 0.717) is 12.0 Å². The molecule has 0 radical (unpaired) electrons. The Morgan fingerprint density at radius 2 is 1.81 bits per heavy atom. The van der Waals surface area contributed by atoms with Gasteiger partial charge >= 0.3 is 6.09 Å². The molecule has 1 aromatic carbocycles. The first-order chi connectivity index (χ1) is 11.9. The van der Waals surface area contributed by atoms with E-state index < -0.39 is 34.7 Å². The fraction of sp³-hybridized carbons (Fsp3) is 0.579. The summed E-state index contributed by atoms with van der Waals surface area (Å²) in [6.45, 7) is 9.09. The van der Waals surface area contributed by atoms with Crippen molar-refractivity contribution in [3.8, 4) is 0 Å². The lowest BCUT2D eigenvalue weighted by Crippen LogP contribution is -2.42. The lowest BCUT2D eigenvalue weighted by atomic mass is 9.87. The first kappa shape index (κ1) is 20.1. The van der Waals surface area contributed by atoms with Gasteiger partial charge in [0.2, 0.25) is 5.91 Å². The van der Waals surface area contributed by atoms with E-state index in [4.69, 9.17) is 4.74 Å². The van der Waals surface area contributed by atoms with Gasteiger partial charge in [-0.25, -0.2) is 13.6 Å². The molecular weight excluding hydrogens is 342 g/mol. The molecule has 5 nitrogen and oxygen atoms in total. The second-order valence-electron chi connectivity index (χ2n) is 8.40. The fourth-order valence-corrected chi connectivity index (χ4v) is 3.22. The van der Waals surface area contributed by atoms with Gasteiger partial charge in [-0.1, -0.05) is 19.9 Å². The van der Waals surface area contributed by atoms with Crippen LogP contribution < -0.4 is 10.6 Å². The molecule has 1 atom stereocenters. The number of nitrogens with one attached hydrogen (secondary N) is 2. The molecular formula is C19H26F2N2O3. The Morgan fingerprint density at radius 3 is 2.31 bits per heavy atom. The van der Waals surface area contributed by atoms with Crippen LogP contribution in [0.5, 0.6) is 0 Å². The summed E-state index contributed by atoms with van der Waals surface area (Å²) in [5.41, 5.74) is -1.07. The molecule has 2 rings (SSSR count). The highest BCUT2D eigenvalue weighted by molar-refractivity contribution is 5.82. The van der Waals surface area contributed by atoms with Crippen LogP contribution in [0.4, 0.5) is 13.6 Å². The smallest absolute Gasteiger partial charge is 0.408 e. The predicted octanol–water partition coefficient (Wildman–Crippen LogP) is 3.27. The molecule has 0 saturated heterocycles. The monoisotopic (exact) mass is 368 g/mol. The molecule has 7 heteroatoms. The average molecular weight is 368 g/mol. The van der Waals surface area contributed by atoms with Crippen LogP contribution in [-0.2, 0) is 14.9 Å². The highest BCUT2D eigenvalue weighted by Crippen LogP contribution is 2.64. The van der Waals surface area contributed by atoms with Crippen LogP contribution in [0.25, 0.3) is 0 Å². The van der Waals surface area contributed by atoms with Crippen LogP contribution in [0.15, 0.2) is 18.2 Å². The van der Waals surface area contributed by atoms with Gasteiger partial charge in [-0.2, -0.15) is 0 Å². The first-order valence-corrected chi connectivity index (χ1v) is 8.55. The summed E-state index contributed by atoms with van der Waals surface area (Å²) < 4.78 is 32.5. The van der Waals surface area contributed by atoms with E-state index in [-0.39, 0.29) is 18.5 Å². The zero-order valence-corrected chi connectivity index (χ0v) is 15.8. The molecule has 2 amide bonds. The van der Waals surface area contributed by atoms with Crippen LogP contribution in [0.2, 0.25) is 0 Å². The maximum Gasteiger partial charge on any atom is 0.408 e. The molecule has 1 unspecified atom stereocenters. The Labute approximate surface area is 152 Å². The Hall–Kier alpha value is -2.18. The number of hydrogen-bond donors (Lipinski definition) is 2. The summed E-state index contributed by atoms with van der Waals surface area (Å²) in [4.78, 5) is 23.6. The van der Waals surface area contributed by atoms with Gasteiger partial charge in [0.25, 0.3) is 0 Å². The van der Waals surface area contributed by atoms with Gasteiger partial charge in [-0.3, -0.25) is 4.79 Å². The van der Waals surface area contributed by atoms with Crippen molar-refractivity contribution in [2.24, 2.45) is 5.41 Å². The van der Waals surface area contributed by atoms with Crippen molar-refractivity contribution in [1.82, 2.24) is 10.6 Å². The van der Waals surface area contributed by atoms with Crippen molar-refractivity contribution >= 4 is 12.0 Å². The van der Waals surface area contributed by atoms with Gasteiger partial charge in [-0.05, 0) is 44.2 Å². The van der Waals surface area contributed by atoms with Crippen LogP contribution >= 0.6 is 0 Å². The molecule has 1 saturated carbocycles. The molecule has 0 spiro atoms. The van der Waals surface area contributed by atoms with E-state index in [9.17, 15) is 18.4 Å². The lowest BCUT2D eigenvalue weighted by Gasteiger charge is -2.23. The van der Waals surface area contributed by atoms with Gasteiger partial charge in [0.15, 0.2) is 0 Å². The highest BCUT2D eigenvalue weighted by Gasteiger charge is 2.62. The van der Waals surface area contributed by atoms with Crippen LogP contribution in [-0.4, -0.2) is 30.7 Å². The number of halogens is 2. The van der Waals surface area contributed by atoms with E-state index in [2.05, 4.69) is 10.6 Å². The molecule has 0 bridgehead atoms. The lowest BCUT2D eigenvalue weighted by molar-refractivity contribution is -0.120. The van der Waals surface area contributed by atoms with Crippen molar-refractivity contribution in [3.63, 3.8) is 0 Å². The van der Waals surface area contributed by atoms with Crippen molar-refractivity contribution in [2.75, 3.05) is 13.1 Å². The Kier molecular flexibility index (Phi) is 5.31. The van der Waals surface area contributed by atoms with E-state index in [0.717, 1.165) is 6.07 Å². The normalized spacial score (nSPS) is 21.0. The van der Waals surface area contributed by atoms with E-state index >= 15 is 0 Å². The number of rotatable bonds is 5. The number of hydrogen-bond acceptors (Lipinski definition) is 3. The second-order valence-corrected chi connectivity index (χ2v) is 8.40. The van der Waals surface area contributed by atoms with Gasteiger partial charge in [0.1, 0.15) is 17.2 Å². The van der Waals surface area contributed by atoms with Crippen LogP contribution in [0.3, 0.4) is 0 Å². The van der Waals surface area contributed by atoms with Crippen molar-refractivity contribution in [1.29, 1.82) is 0 Å². The summed E-state index contributed by atoms with van der Waals surface area (Å²) in [7, 11) is 0. The van der Waals surface area contributed by atoms with Crippen molar-refractivity contribution in [3.05, 3.63) is 35.4 Å². The quantitative estimate of drug-likeness (QED) is 0.838. The van der Waals surface area contributed by atoms with Crippen molar-refractivity contribution in [2.45, 2.75) is 52.1 Å². The number of amides is 2. The van der Waals surface area contributed by atoms with Gasteiger partial charge in [-0.15, -0.1) is 0 Å². The Bertz CT molecular complexity index is 713. The third-order valence-electron chi connectivity index (χ3n) is 4.74. The number of benzene rings is 1. The Balaban J connectivity index is 1.96. The topological polar surface area (TPSA) is 67.4 Å². The maximum absolute atomic E-state index is 14.2. The van der Waals surface area contributed by atoms with E-state index in [1.807, 2.05) is 13.8 Å². The third-order valence-corrected chi connectivity index (χ3v) is 4.74. The molecule has 2 N–H and O–H groups in total. The largest absolute Gasteiger partial charge is 0.444 e. The summed E-state index contributed by atoms with van der Waals surface area (Å²) in [6, 6.07) is 3.52. The van der Waals surface area contributed by atoms with Gasteiger partial charge in [0.05, 0.1) is 6.54 Å². The summed E-state index contributed by atoms with van der Waals surface area (Å²) in [5, 5.41) is 5.11. The number of alkyl carbamates (subject to hydrolysis) is 1. The van der Waals surface area contributed by atoms with Gasteiger partial charge in [0, 0.05) is 18.0 Å². The summed E-state index contributed by atoms with van der Waals surface area (Å²) in [6.07, 6.45) is -0.0128. The van der Waals surface area contributed by atoms with E-state index in [1.165, 1.54) is 12.1 Å². The maximum atomic E-state index is 14.2. The third kappa shape index (κ3) is 4.51. The van der Waals surface area contributed by atoms with Gasteiger partial charge < -0.3 is 15.4 Å². The molecule has 26 heavy (non-hydrogen) atoms. The molecule has 144 valence electrons. The van der Waals surface area contributed by atoms with Crippen molar-refractivity contribution < 1.29 is 23.1 Å². The average Bonchev–Trinajstić information content (AvgIpc) is 3.03. The molecule has 1 aliphatic carbocycles. The minimum Gasteiger partial charge on any atom is -0.444 e. The fourth-order valence-electron chi connectivity index (χ4n) is 3.22. The standard InChI is InChI=1S/C19H26F2N2O3/c1-17(2,3)26-16(25)22-9-15(24)23-11-19(10-18(19,4)5)13-7-6-12(20)8-14(13)21/h6-8H,9-11H2,1-5H3,(H,22,25)(H,23,24). The minimum atomic E-state index is -0.682. The van der Waals surface area contributed by atoms with Crippen LogP contribution in [0, 0.1) is 17.0 Å². The molecule has 1 aliphatic rings. The molecule has 0 aromatic heterocycles. The minimum absolute atomic E-state index is 0.206. The summed E-state index contributed by atoms with van der Waals surface area (Å²) >= 11 is 0. The second kappa shape index (κ2) is 6.85. The van der Waals surface area contributed by atoms with Crippen LogP contribution in [0.1, 0.15) is 46.6 Å². The SMILES string of the molecule is CC(C)(C)OC(=O)NCC(=O)NCC1(c2ccc(F)cc2F)CC1(C)C. The molecule has 1 fully saturated rings. The van der Waals surface area contributed by atoms with E-state index in [1.54, 1.807) is 20.8 Å². The number of ether oxygens (including phenoxy) is 1. The molecule has 0 aliphatic heterocycles.